The minimum Gasteiger partial charge on any atom is -0.294 e. The molecule has 27 heavy (non-hydrogen) atoms. The van der Waals surface area contributed by atoms with Crippen molar-refractivity contribution in [2.75, 3.05) is 6.54 Å². The minimum absolute atomic E-state index is 0.178. The van der Waals surface area contributed by atoms with E-state index in [4.69, 9.17) is 0 Å². The van der Waals surface area contributed by atoms with Crippen molar-refractivity contribution >= 4 is 0 Å². The summed E-state index contributed by atoms with van der Waals surface area (Å²) in [5, 5.41) is 0. The largest absolute Gasteiger partial charge is 0.294 e. The van der Waals surface area contributed by atoms with Crippen LogP contribution in [0.15, 0.2) is 48.5 Å². The van der Waals surface area contributed by atoms with Gasteiger partial charge in [-0.1, -0.05) is 48.5 Å². The lowest BCUT2D eigenvalue weighted by Gasteiger charge is -2.46. The van der Waals surface area contributed by atoms with Crippen LogP contribution in [-0.2, 0) is 19.6 Å². The summed E-state index contributed by atoms with van der Waals surface area (Å²) in [7, 11) is 0. The average molecular weight is 363 g/mol. The molecule has 2 heterocycles. The number of rotatable bonds is 3. The SMILES string of the molecule is CC(C)(C)N1Cc2ccccc2C(CC(C)(C)N2Cc3ccccc3C2)C1. The van der Waals surface area contributed by atoms with Gasteiger partial charge in [0.1, 0.15) is 0 Å². The van der Waals surface area contributed by atoms with Gasteiger partial charge >= 0.3 is 0 Å². The highest BCUT2D eigenvalue weighted by Gasteiger charge is 2.38. The topological polar surface area (TPSA) is 6.48 Å². The molecule has 0 bridgehead atoms. The van der Waals surface area contributed by atoms with E-state index < -0.39 is 0 Å². The van der Waals surface area contributed by atoms with E-state index in [0.29, 0.717) is 5.92 Å². The van der Waals surface area contributed by atoms with Gasteiger partial charge in [-0.05, 0) is 69.2 Å². The highest BCUT2D eigenvalue weighted by molar-refractivity contribution is 5.34. The van der Waals surface area contributed by atoms with Crippen LogP contribution in [0.5, 0.6) is 0 Å². The summed E-state index contributed by atoms with van der Waals surface area (Å²) in [6.45, 7) is 16.3. The molecule has 2 aliphatic heterocycles. The maximum absolute atomic E-state index is 2.68. The van der Waals surface area contributed by atoms with Gasteiger partial charge in [-0.2, -0.15) is 0 Å². The monoisotopic (exact) mass is 362 g/mol. The molecule has 0 amide bonds. The maximum atomic E-state index is 2.68. The van der Waals surface area contributed by atoms with Crippen molar-refractivity contribution in [1.82, 2.24) is 9.80 Å². The fourth-order valence-corrected chi connectivity index (χ4v) is 4.89. The van der Waals surface area contributed by atoms with E-state index in [1.54, 1.807) is 5.56 Å². The van der Waals surface area contributed by atoms with Crippen LogP contribution in [0.25, 0.3) is 0 Å². The van der Waals surface area contributed by atoms with Crippen molar-refractivity contribution in [3.05, 3.63) is 70.8 Å². The molecule has 0 N–H and O–H groups in total. The lowest BCUT2D eigenvalue weighted by Crippen LogP contribution is -2.48. The predicted octanol–water partition coefficient (Wildman–Crippen LogP) is 5.57. The van der Waals surface area contributed by atoms with Crippen molar-refractivity contribution in [2.24, 2.45) is 0 Å². The van der Waals surface area contributed by atoms with Crippen molar-refractivity contribution in [3.63, 3.8) is 0 Å². The first-order valence-electron chi connectivity index (χ1n) is 10.4. The first-order valence-corrected chi connectivity index (χ1v) is 10.4. The Morgan fingerprint density at radius 3 is 1.85 bits per heavy atom. The fraction of sp³-hybridized carbons (Fsp3) is 0.520. The van der Waals surface area contributed by atoms with Gasteiger partial charge in [-0.25, -0.2) is 0 Å². The zero-order chi connectivity index (χ0) is 19.2. The molecule has 0 aliphatic carbocycles. The second kappa shape index (κ2) is 6.76. The van der Waals surface area contributed by atoms with E-state index in [1.165, 1.54) is 23.1 Å². The number of nitrogens with zero attached hydrogens (tertiary/aromatic N) is 2. The van der Waals surface area contributed by atoms with Crippen LogP contribution in [0.4, 0.5) is 0 Å². The quantitative estimate of drug-likeness (QED) is 0.704. The van der Waals surface area contributed by atoms with Gasteiger partial charge in [-0.15, -0.1) is 0 Å². The van der Waals surface area contributed by atoms with Crippen molar-refractivity contribution in [2.45, 2.75) is 77.7 Å². The van der Waals surface area contributed by atoms with Crippen molar-refractivity contribution in [1.29, 1.82) is 0 Å². The maximum Gasteiger partial charge on any atom is 0.0245 e. The fourth-order valence-electron chi connectivity index (χ4n) is 4.89. The van der Waals surface area contributed by atoms with Gasteiger partial charge in [0.15, 0.2) is 0 Å². The molecular weight excluding hydrogens is 328 g/mol. The molecule has 0 saturated carbocycles. The smallest absolute Gasteiger partial charge is 0.0245 e. The lowest BCUT2D eigenvalue weighted by molar-refractivity contribution is 0.0673. The van der Waals surface area contributed by atoms with E-state index >= 15 is 0 Å². The number of hydrogen-bond donors (Lipinski definition) is 0. The molecule has 2 nitrogen and oxygen atoms in total. The van der Waals surface area contributed by atoms with Crippen molar-refractivity contribution < 1.29 is 0 Å². The zero-order valence-corrected chi connectivity index (χ0v) is 17.6. The molecule has 144 valence electrons. The Hall–Kier alpha value is -1.64. The summed E-state index contributed by atoms with van der Waals surface area (Å²) in [5.74, 6) is 0.591. The summed E-state index contributed by atoms with van der Waals surface area (Å²) in [4.78, 5) is 5.34. The van der Waals surface area contributed by atoms with Crippen LogP contribution in [0, 0.1) is 0 Å². The molecular formula is C25H34N2. The Morgan fingerprint density at radius 1 is 0.741 bits per heavy atom. The Balaban J connectivity index is 1.57. The van der Waals surface area contributed by atoms with E-state index in [-0.39, 0.29) is 11.1 Å². The van der Waals surface area contributed by atoms with Gasteiger partial charge in [0.2, 0.25) is 0 Å². The summed E-state index contributed by atoms with van der Waals surface area (Å²) >= 11 is 0. The van der Waals surface area contributed by atoms with E-state index in [2.05, 4.69) is 92.9 Å². The summed E-state index contributed by atoms with van der Waals surface area (Å²) in [6.07, 6.45) is 1.20. The molecule has 0 saturated heterocycles. The molecule has 2 aliphatic rings. The third-order valence-electron chi connectivity index (χ3n) is 6.69. The molecule has 2 aromatic rings. The molecule has 0 fully saturated rings. The van der Waals surface area contributed by atoms with E-state index in [1.807, 2.05) is 0 Å². The van der Waals surface area contributed by atoms with Gasteiger partial charge in [-0.3, -0.25) is 9.80 Å². The van der Waals surface area contributed by atoms with E-state index in [0.717, 1.165) is 26.2 Å². The Kier molecular flexibility index (Phi) is 4.68. The predicted molar refractivity (Wildman–Crippen MR) is 114 cm³/mol. The summed E-state index contributed by atoms with van der Waals surface area (Å²) < 4.78 is 0. The highest BCUT2D eigenvalue weighted by Crippen LogP contribution is 2.40. The van der Waals surface area contributed by atoms with Crippen LogP contribution in [0.3, 0.4) is 0 Å². The summed E-state index contributed by atoms with van der Waals surface area (Å²) in [5.41, 5.74) is 6.49. The first kappa shape index (κ1) is 18.7. The molecule has 1 atom stereocenters. The molecule has 2 heteroatoms. The van der Waals surface area contributed by atoms with Crippen LogP contribution in [0.1, 0.15) is 69.2 Å². The Bertz CT molecular complexity index is 790. The molecule has 0 aromatic heterocycles. The van der Waals surface area contributed by atoms with Gasteiger partial charge in [0.25, 0.3) is 0 Å². The highest BCUT2D eigenvalue weighted by atomic mass is 15.2. The second-order valence-corrected chi connectivity index (χ2v) is 10.1. The van der Waals surface area contributed by atoms with Gasteiger partial charge < -0.3 is 0 Å². The lowest BCUT2D eigenvalue weighted by atomic mass is 9.79. The second-order valence-electron chi connectivity index (χ2n) is 10.1. The van der Waals surface area contributed by atoms with Gasteiger partial charge in [0, 0.05) is 37.3 Å². The molecule has 2 aromatic carbocycles. The third kappa shape index (κ3) is 3.70. The normalized spacial score (nSPS) is 21.1. The number of fused-ring (bicyclic) bond motifs is 2. The minimum atomic E-state index is 0.178. The van der Waals surface area contributed by atoms with Crippen molar-refractivity contribution in [3.8, 4) is 0 Å². The van der Waals surface area contributed by atoms with E-state index in [9.17, 15) is 0 Å². The number of hydrogen-bond acceptors (Lipinski definition) is 2. The third-order valence-corrected chi connectivity index (χ3v) is 6.69. The first-order chi connectivity index (χ1) is 12.7. The van der Waals surface area contributed by atoms with Crippen LogP contribution >= 0.6 is 0 Å². The Labute approximate surface area is 165 Å². The van der Waals surface area contributed by atoms with Gasteiger partial charge in [0.05, 0.1) is 0 Å². The molecule has 0 radical (unpaired) electrons. The van der Waals surface area contributed by atoms with Crippen LogP contribution in [0.2, 0.25) is 0 Å². The Morgan fingerprint density at radius 2 is 1.26 bits per heavy atom. The summed E-state index contributed by atoms with van der Waals surface area (Å²) in [6, 6.07) is 18.1. The average Bonchev–Trinajstić information content (AvgIpc) is 3.06. The molecule has 4 rings (SSSR count). The standard InChI is InChI=1S/C25H34N2/c1-24(2,3)26-17-21-12-8-9-13-23(21)22(18-26)14-25(4,5)27-15-19-10-6-7-11-20(19)16-27/h6-13,22H,14-18H2,1-5H3. The van der Waals surface area contributed by atoms with Crippen LogP contribution < -0.4 is 0 Å². The number of benzene rings is 2. The molecule has 1 unspecified atom stereocenters. The van der Waals surface area contributed by atoms with Crippen LogP contribution in [-0.4, -0.2) is 27.4 Å². The zero-order valence-electron chi connectivity index (χ0n) is 17.6. The molecule has 0 spiro atoms.